The molecule has 0 spiro atoms. The number of aryl methyl sites for hydroxylation is 1. The van der Waals surface area contributed by atoms with E-state index in [0.29, 0.717) is 39.1 Å². The third-order valence-electron chi connectivity index (χ3n) is 6.45. The fraction of sp³-hybridized carbons (Fsp3) is 0.409. The third kappa shape index (κ3) is 3.66. The molecule has 2 aromatic heterocycles. The lowest BCUT2D eigenvalue weighted by Crippen LogP contribution is -2.55. The maximum Gasteiger partial charge on any atom is 0.236 e. The number of anilines is 1. The van der Waals surface area contributed by atoms with Gasteiger partial charge >= 0.3 is 0 Å². The lowest BCUT2D eigenvalue weighted by Gasteiger charge is -2.38. The van der Waals surface area contributed by atoms with Gasteiger partial charge in [-0.15, -0.1) is 0 Å². The molecule has 166 valence electrons. The molecular formula is C22H26N8O2. The van der Waals surface area contributed by atoms with Crippen molar-refractivity contribution >= 4 is 28.7 Å². The number of aromatic nitrogens is 4. The highest BCUT2D eigenvalue weighted by Crippen LogP contribution is 2.25. The molecule has 1 saturated heterocycles. The number of nitrogens with two attached hydrogens (primary N) is 1. The second kappa shape index (κ2) is 8.19. The molecule has 32 heavy (non-hydrogen) atoms. The monoisotopic (exact) mass is 434 g/mol. The Morgan fingerprint density at radius 3 is 2.59 bits per heavy atom. The predicted molar refractivity (Wildman–Crippen MR) is 119 cm³/mol. The van der Waals surface area contributed by atoms with Crippen molar-refractivity contribution < 1.29 is 9.59 Å². The van der Waals surface area contributed by atoms with Gasteiger partial charge in [-0.3, -0.25) is 19.2 Å². The summed E-state index contributed by atoms with van der Waals surface area (Å²) in [6, 6.07) is 7.55. The van der Waals surface area contributed by atoms with Crippen LogP contribution in [0.3, 0.4) is 0 Å². The van der Waals surface area contributed by atoms with E-state index >= 15 is 0 Å². The first kappa shape index (κ1) is 20.4. The van der Waals surface area contributed by atoms with Gasteiger partial charge in [0.15, 0.2) is 5.65 Å². The summed E-state index contributed by atoms with van der Waals surface area (Å²) < 4.78 is 1.73. The smallest absolute Gasteiger partial charge is 0.236 e. The SMILES string of the molecule is Cn1ncc2c(N3CCN(C(=O)CN4Cc5ccccc5C[C@H]4C(N)=O)CC3)ncnc21. The van der Waals surface area contributed by atoms with Gasteiger partial charge in [-0.05, 0) is 17.5 Å². The van der Waals surface area contributed by atoms with Crippen LogP contribution >= 0.6 is 0 Å². The van der Waals surface area contributed by atoms with Gasteiger partial charge in [0.25, 0.3) is 0 Å². The van der Waals surface area contributed by atoms with Crippen molar-refractivity contribution in [2.75, 3.05) is 37.6 Å². The minimum Gasteiger partial charge on any atom is -0.368 e. The molecule has 0 saturated carbocycles. The Kier molecular flexibility index (Phi) is 5.22. The summed E-state index contributed by atoms with van der Waals surface area (Å²) in [5.41, 5.74) is 8.73. The molecule has 1 fully saturated rings. The molecule has 0 radical (unpaired) electrons. The molecule has 10 nitrogen and oxygen atoms in total. The first-order valence-electron chi connectivity index (χ1n) is 10.8. The minimum atomic E-state index is -0.463. The second-order valence-electron chi connectivity index (χ2n) is 8.37. The van der Waals surface area contributed by atoms with Gasteiger partial charge < -0.3 is 15.5 Å². The Balaban J connectivity index is 1.25. The van der Waals surface area contributed by atoms with E-state index in [-0.39, 0.29) is 18.4 Å². The van der Waals surface area contributed by atoms with Crippen LogP contribution in [-0.4, -0.2) is 80.1 Å². The van der Waals surface area contributed by atoms with E-state index in [9.17, 15) is 9.59 Å². The molecule has 0 bridgehead atoms. The zero-order valence-corrected chi connectivity index (χ0v) is 18.0. The van der Waals surface area contributed by atoms with Crippen LogP contribution in [0.25, 0.3) is 11.0 Å². The van der Waals surface area contributed by atoms with E-state index in [1.54, 1.807) is 17.2 Å². The van der Waals surface area contributed by atoms with Gasteiger partial charge in [-0.25, -0.2) is 9.97 Å². The average molecular weight is 435 g/mol. The van der Waals surface area contributed by atoms with Gasteiger partial charge in [-0.1, -0.05) is 24.3 Å². The van der Waals surface area contributed by atoms with Crippen LogP contribution < -0.4 is 10.6 Å². The van der Waals surface area contributed by atoms with Crippen molar-refractivity contribution in [3.05, 3.63) is 47.9 Å². The number of hydrogen-bond acceptors (Lipinski definition) is 7. The molecule has 1 aromatic carbocycles. The number of benzene rings is 1. The Morgan fingerprint density at radius 2 is 1.84 bits per heavy atom. The normalized spacial score (nSPS) is 19.2. The molecular weight excluding hydrogens is 408 g/mol. The van der Waals surface area contributed by atoms with Crippen LogP contribution in [0.2, 0.25) is 0 Å². The zero-order valence-electron chi connectivity index (χ0n) is 18.0. The maximum atomic E-state index is 13.1. The highest BCUT2D eigenvalue weighted by molar-refractivity contribution is 5.87. The Bertz CT molecular complexity index is 1170. The molecule has 2 aliphatic heterocycles. The summed E-state index contributed by atoms with van der Waals surface area (Å²) in [5, 5.41) is 5.18. The van der Waals surface area contributed by atoms with Crippen molar-refractivity contribution in [2.45, 2.75) is 19.0 Å². The number of amides is 2. The fourth-order valence-electron chi connectivity index (χ4n) is 4.67. The van der Waals surface area contributed by atoms with Crippen LogP contribution in [-0.2, 0) is 29.6 Å². The highest BCUT2D eigenvalue weighted by Gasteiger charge is 2.33. The number of carbonyl (C=O) groups is 2. The summed E-state index contributed by atoms with van der Waals surface area (Å²) in [7, 11) is 1.86. The third-order valence-corrected chi connectivity index (χ3v) is 6.45. The number of rotatable bonds is 4. The van der Waals surface area contributed by atoms with Crippen molar-refractivity contribution in [1.29, 1.82) is 0 Å². The quantitative estimate of drug-likeness (QED) is 0.611. The molecule has 0 aliphatic carbocycles. The van der Waals surface area contributed by atoms with E-state index < -0.39 is 6.04 Å². The van der Waals surface area contributed by atoms with Crippen molar-refractivity contribution in [2.24, 2.45) is 12.8 Å². The van der Waals surface area contributed by atoms with E-state index in [4.69, 9.17) is 5.73 Å². The van der Waals surface area contributed by atoms with Gasteiger partial charge in [0.1, 0.15) is 12.1 Å². The van der Waals surface area contributed by atoms with Gasteiger partial charge in [0.05, 0.1) is 24.2 Å². The molecule has 3 aromatic rings. The molecule has 4 heterocycles. The summed E-state index contributed by atoms with van der Waals surface area (Å²) in [4.78, 5) is 39.8. The number of carbonyl (C=O) groups excluding carboxylic acids is 2. The van der Waals surface area contributed by atoms with Crippen LogP contribution in [0.5, 0.6) is 0 Å². The standard InChI is InChI=1S/C22H26N8O2/c1-27-21-17(11-26-27)22(25-14-24-21)29-8-6-28(7-9-29)19(31)13-30-12-16-5-3-2-4-15(16)10-18(30)20(23)32/h2-5,11,14,18H,6-10,12-13H2,1H3,(H2,23,32)/t18-/m0/s1. The Hall–Kier alpha value is -3.53. The number of fused-ring (bicyclic) bond motifs is 2. The first-order valence-corrected chi connectivity index (χ1v) is 10.8. The highest BCUT2D eigenvalue weighted by atomic mass is 16.2. The molecule has 10 heteroatoms. The number of piperazine rings is 1. The Labute approximate surface area is 185 Å². The molecule has 5 rings (SSSR count). The number of hydrogen-bond donors (Lipinski definition) is 1. The summed E-state index contributed by atoms with van der Waals surface area (Å²) in [6.07, 6.45) is 3.87. The topological polar surface area (TPSA) is 113 Å². The first-order chi connectivity index (χ1) is 15.5. The van der Waals surface area contributed by atoms with Crippen molar-refractivity contribution in [3.63, 3.8) is 0 Å². The van der Waals surface area contributed by atoms with Gasteiger partial charge in [-0.2, -0.15) is 5.10 Å². The van der Waals surface area contributed by atoms with Gasteiger partial charge in [0.2, 0.25) is 11.8 Å². The lowest BCUT2D eigenvalue weighted by atomic mass is 9.93. The molecule has 2 aliphatic rings. The Morgan fingerprint density at radius 1 is 1.09 bits per heavy atom. The van der Waals surface area contributed by atoms with Crippen LogP contribution in [0.4, 0.5) is 5.82 Å². The van der Waals surface area contributed by atoms with Crippen LogP contribution in [0.1, 0.15) is 11.1 Å². The maximum absolute atomic E-state index is 13.1. The van der Waals surface area contributed by atoms with E-state index in [0.717, 1.165) is 28.0 Å². The largest absolute Gasteiger partial charge is 0.368 e. The summed E-state index contributed by atoms with van der Waals surface area (Å²) in [6.45, 7) is 3.27. The summed E-state index contributed by atoms with van der Waals surface area (Å²) in [5.74, 6) is 0.475. The van der Waals surface area contributed by atoms with E-state index in [1.165, 1.54) is 0 Å². The molecule has 2 amide bonds. The molecule has 1 atom stereocenters. The fourth-order valence-corrected chi connectivity index (χ4v) is 4.67. The van der Waals surface area contributed by atoms with Crippen LogP contribution in [0, 0.1) is 0 Å². The predicted octanol–water partition coefficient (Wildman–Crippen LogP) is -0.0759. The minimum absolute atomic E-state index is 0.0180. The zero-order chi connectivity index (χ0) is 22.2. The number of nitrogens with zero attached hydrogens (tertiary/aromatic N) is 7. The van der Waals surface area contributed by atoms with E-state index in [1.807, 2.05) is 41.1 Å². The molecule has 0 unspecified atom stereocenters. The van der Waals surface area contributed by atoms with Crippen LogP contribution in [0.15, 0.2) is 36.8 Å². The average Bonchev–Trinajstić information content (AvgIpc) is 3.19. The van der Waals surface area contributed by atoms with Crippen molar-refractivity contribution in [1.82, 2.24) is 29.5 Å². The van der Waals surface area contributed by atoms with E-state index in [2.05, 4.69) is 20.0 Å². The van der Waals surface area contributed by atoms with Gasteiger partial charge in [0, 0.05) is 39.8 Å². The second-order valence-corrected chi connectivity index (χ2v) is 8.37. The number of primary amides is 1. The molecule has 2 N–H and O–H groups in total. The lowest BCUT2D eigenvalue weighted by molar-refractivity contribution is -0.135. The van der Waals surface area contributed by atoms with Crippen molar-refractivity contribution in [3.8, 4) is 0 Å². The summed E-state index contributed by atoms with van der Waals surface area (Å²) >= 11 is 0.